The van der Waals surface area contributed by atoms with E-state index < -0.39 is 0 Å². The second-order valence-corrected chi connectivity index (χ2v) is 6.46. The van der Waals surface area contributed by atoms with Crippen molar-refractivity contribution in [2.75, 3.05) is 0 Å². The number of hydrogen-bond donors (Lipinski definition) is 2. The number of thiophene rings is 1. The quantitative estimate of drug-likeness (QED) is 0.863. The lowest BCUT2D eigenvalue weighted by molar-refractivity contribution is 0.395. The van der Waals surface area contributed by atoms with E-state index in [4.69, 9.17) is 0 Å². The summed E-state index contributed by atoms with van der Waals surface area (Å²) in [5.41, 5.74) is 2.76. The van der Waals surface area contributed by atoms with Gasteiger partial charge in [0, 0.05) is 17.0 Å². The summed E-state index contributed by atoms with van der Waals surface area (Å²) in [7, 11) is 0. The van der Waals surface area contributed by atoms with E-state index in [1.165, 1.54) is 30.4 Å². The predicted molar refractivity (Wildman–Crippen MR) is 84.3 cm³/mol. The zero-order valence-corrected chi connectivity index (χ0v) is 12.6. The number of phenolic OH excluding ortho intramolecular Hbond substituents is 1. The zero-order valence-electron chi connectivity index (χ0n) is 11.8. The highest BCUT2D eigenvalue weighted by Crippen LogP contribution is 2.35. The molecule has 0 aliphatic heterocycles. The molecule has 2 N–H and O–H groups in total. The van der Waals surface area contributed by atoms with Crippen LogP contribution in [0.5, 0.6) is 5.75 Å². The Morgan fingerprint density at radius 3 is 2.85 bits per heavy atom. The molecule has 0 radical (unpaired) electrons. The molecule has 0 spiro atoms. The topological polar surface area (TPSA) is 32.3 Å². The first-order chi connectivity index (χ1) is 9.78. The monoisotopic (exact) mass is 287 g/mol. The van der Waals surface area contributed by atoms with Gasteiger partial charge in [-0.1, -0.05) is 19.1 Å². The first-order valence-electron chi connectivity index (χ1n) is 7.39. The molecule has 2 nitrogen and oxygen atoms in total. The van der Waals surface area contributed by atoms with E-state index in [2.05, 4.69) is 23.7 Å². The molecule has 1 aliphatic carbocycles. The van der Waals surface area contributed by atoms with Crippen LogP contribution >= 0.6 is 11.3 Å². The van der Waals surface area contributed by atoms with Gasteiger partial charge in [-0.05, 0) is 60.4 Å². The van der Waals surface area contributed by atoms with Crippen molar-refractivity contribution in [3.8, 4) is 5.75 Å². The molecule has 1 heterocycles. The largest absolute Gasteiger partial charge is 0.508 e. The van der Waals surface area contributed by atoms with Crippen LogP contribution in [0.4, 0.5) is 0 Å². The van der Waals surface area contributed by atoms with Crippen LogP contribution in [0.1, 0.15) is 54.3 Å². The second kappa shape index (κ2) is 5.98. The summed E-state index contributed by atoms with van der Waals surface area (Å²) >= 11 is 1.89. The Morgan fingerprint density at radius 1 is 1.30 bits per heavy atom. The van der Waals surface area contributed by atoms with Crippen molar-refractivity contribution in [1.82, 2.24) is 5.32 Å². The van der Waals surface area contributed by atoms with E-state index in [9.17, 15) is 5.11 Å². The van der Waals surface area contributed by atoms with Gasteiger partial charge >= 0.3 is 0 Å². The summed E-state index contributed by atoms with van der Waals surface area (Å²) in [5, 5.41) is 15.4. The van der Waals surface area contributed by atoms with Crippen LogP contribution in [0.15, 0.2) is 35.7 Å². The van der Waals surface area contributed by atoms with Crippen molar-refractivity contribution in [1.29, 1.82) is 0 Å². The first-order valence-corrected chi connectivity index (χ1v) is 8.27. The lowest BCUT2D eigenvalue weighted by Crippen LogP contribution is -2.28. The molecule has 20 heavy (non-hydrogen) atoms. The molecule has 1 aromatic heterocycles. The van der Waals surface area contributed by atoms with Crippen molar-refractivity contribution in [3.63, 3.8) is 0 Å². The molecular weight excluding hydrogens is 266 g/mol. The van der Waals surface area contributed by atoms with Gasteiger partial charge in [0.1, 0.15) is 5.75 Å². The maximum absolute atomic E-state index is 9.42. The Morgan fingerprint density at radius 2 is 2.10 bits per heavy atom. The lowest BCUT2D eigenvalue weighted by Gasteiger charge is -2.29. The van der Waals surface area contributed by atoms with Crippen molar-refractivity contribution >= 4 is 11.3 Å². The van der Waals surface area contributed by atoms with Gasteiger partial charge in [-0.3, -0.25) is 0 Å². The number of hydrogen-bond acceptors (Lipinski definition) is 3. The number of fused-ring (bicyclic) bond motifs is 1. The third-order valence-corrected chi connectivity index (χ3v) is 5.15. The molecule has 2 unspecified atom stereocenters. The van der Waals surface area contributed by atoms with Gasteiger partial charge in [0.2, 0.25) is 0 Å². The van der Waals surface area contributed by atoms with Crippen molar-refractivity contribution in [2.24, 2.45) is 0 Å². The Hall–Kier alpha value is -1.32. The number of nitrogens with one attached hydrogen (secondary N) is 1. The Labute approximate surface area is 124 Å². The number of phenols is 1. The van der Waals surface area contributed by atoms with Gasteiger partial charge in [-0.15, -0.1) is 11.3 Å². The maximum Gasteiger partial charge on any atom is 0.115 e. The molecule has 1 aliphatic rings. The van der Waals surface area contributed by atoms with E-state index in [0.29, 0.717) is 17.8 Å². The number of aromatic hydroxyl groups is 1. The smallest absolute Gasteiger partial charge is 0.115 e. The Kier molecular flexibility index (Phi) is 4.08. The Bertz CT molecular complexity index is 561. The minimum Gasteiger partial charge on any atom is -0.508 e. The maximum atomic E-state index is 9.42. The summed E-state index contributed by atoms with van der Waals surface area (Å²) < 4.78 is 0. The molecule has 2 atom stereocenters. The summed E-state index contributed by atoms with van der Waals surface area (Å²) in [6, 6.07) is 10.7. The fraction of sp³-hybridized carbons (Fsp3) is 0.412. The van der Waals surface area contributed by atoms with Crippen molar-refractivity contribution < 1.29 is 5.11 Å². The van der Waals surface area contributed by atoms with Gasteiger partial charge in [0.15, 0.2) is 0 Å². The van der Waals surface area contributed by atoms with Crippen LogP contribution in [-0.2, 0) is 6.42 Å². The molecule has 0 bridgehead atoms. The van der Waals surface area contributed by atoms with Crippen LogP contribution in [0.3, 0.4) is 0 Å². The van der Waals surface area contributed by atoms with E-state index >= 15 is 0 Å². The fourth-order valence-corrected chi connectivity index (χ4v) is 4.05. The average molecular weight is 287 g/mol. The van der Waals surface area contributed by atoms with Crippen LogP contribution in [0, 0.1) is 0 Å². The highest BCUT2D eigenvalue weighted by Gasteiger charge is 2.23. The van der Waals surface area contributed by atoms with E-state index in [1.807, 2.05) is 23.5 Å². The molecule has 1 aromatic carbocycles. The third-order valence-electron chi connectivity index (χ3n) is 4.16. The van der Waals surface area contributed by atoms with Crippen molar-refractivity contribution in [3.05, 3.63) is 51.7 Å². The summed E-state index contributed by atoms with van der Waals surface area (Å²) in [6.07, 6.45) is 4.79. The summed E-state index contributed by atoms with van der Waals surface area (Å²) in [6.45, 7) is 2.21. The molecular formula is C17H21NOS. The molecule has 0 saturated carbocycles. The van der Waals surface area contributed by atoms with Crippen LogP contribution in [0.25, 0.3) is 0 Å². The van der Waals surface area contributed by atoms with E-state index in [1.54, 1.807) is 17.0 Å². The van der Waals surface area contributed by atoms with E-state index in [0.717, 1.165) is 6.42 Å². The molecule has 106 valence electrons. The second-order valence-electron chi connectivity index (χ2n) is 5.46. The minimum atomic E-state index is 0.335. The van der Waals surface area contributed by atoms with Gasteiger partial charge in [0.05, 0.1) is 0 Å². The third kappa shape index (κ3) is 2.74. The first kappa shape index (κ1) is 13.7. The average Bonchev–Trinajstić information content (AvgIpc) is 2.95. The highest BCUT2D eigenvalue weighted by atomic mass is 32.1. The van der Waals surface area contributed by atoms with Crippen molar-refractivity contribution in [2.45, 2.75) is 44.7 Å². The molecule has 2 aromatic rings. The normalized spacial score (nSPS) is 19.6. The molecule has 0 amide bonds. The molecule has 0 fully saturated rings. The summed E-state index contributed by atoms with van der Waals surface area (Å²) in [4.78, 5) is 1.55. The number of aryl methyl sites for hydroxylation is 1. The summed E-state index contributed by atoms with van der Waals surface area (Å²) in [5.74, 6) is 0.335. The van der Waals surface area contributed by atoms with Gasteiger partial charge in [-0.2, -0.15) is 0 Å². The fourth-order valence-electron chi connectivity index (χ4n) is 3.06. The van der Waals surface area contributed by atoms with Gasteiger partial charge < -0.3 is 10.4 Å². The number of benzene rings is 1. The Balaban J connectivity index is 1.78. The highest BCUT2D eigenvalue weighted by molar-refractivity contribution is 7.10. The van der Waals surface area contributed by atoms with Gasteiger partial charge in [-0.25, -0.2) is 0 Å². The lowest BCUT2D eigenvalue weighted by atomic mass is 9.92. The van der Waals surface area contributed by atoms with Crippen LogP contribution in [0.2, 0.25) is 0 Å². The standard InChI is InChI=1S/C17H21NOS/c1-2-15(12-6-8-13(19)9-7-12)18-16-4-3-5-17-14(16)10-11-20-17/h6-11,15-16,18-19H,2-5H2,1H3. The van der Waals surface area contributed by atoms with Gasteiger partial charge in [0.25, 0.3) is 0 Å². The van der Waals surface area contributed by atoms with Crippen LogP contribution < -0.4 is 5.32 Å². The van der Waals surface area contributed by atoms with Crippen LogP contribution in [-0.4, -0.2) is 5.11 Å². The molecule has 0 saturated heterocycles. The SMILES string of the molecule is CCC(NC1CCCc2sccc21)c1ccc(O)cc1. The predicted octanol–water partition coefficient (Wildman–Crippen LogP) is 4.57. The number of rotatable bonds is 4. The molecule has 3 rings (SSSR count). The minimum absolute atomic E-state index is 0.335. The van der Waals surface area contributed by atoms with E-state index in [-0.39, 0.29) is 0 Å². The zero-order chi connectivity index (χ0) is 13.9. The molecule has 3 heteroatoms.